The molecule has 0 aromatic carbocycles. The van der Waals surface area contributed by atoms with Gasteiger partial charge in [0.05, 0.1) is 0 Å². The highest BCUT2D eigenvalue weighted by molar-refractivity contribution is 7.17. The van der Waals surface area contributed by atoms with Gasteiger partial charge in [-0.05, 0) is 0 Å². The normalized spacial score (nSPS) is 9.14. The highest BCUT2D eigenvalue weighted by Gasteiger charge is 1.92. The van der Waals surface area contributed by atoms with E-state index in [9.17, 15) is 9.36 Å². The molecule has 7 heavy (non-hydrogen) atoms. The summed E-state index contributed by atoms with van der Waals surface area (Å²) in [6.07, 6.45) is 0. The monoisotopic (exact) mass is 122 g/mol. The van der Waals surface area contributed by atoms with Gasteiger partial charge >= 0.3 is 14.7 Å². The van der Waals surface area contributed by atoms with Crippen LogP contribution in [0.1, 0.15) is 0 Å². The van der Waals surface area contributed by atoms with Crippen molar-refractivity contribution in [2.45, 2.75) is 0 Å². The van der Waals surface area contributed by atoms with E-state index in [1.54, 1.807) is 0 Å². The van der Waals surface area contributed by atoms with Gasteiger partial charge in [0.1, 0.15) is 0 Å². The third kappa shape index (κ3) is 5.53. The van der Waals surface area contributed by atoms with E-state index in [4.69, 9.17) is 5.11 Å². The van der Waals surface area contributed by atoms with Gasteiger partial charge in [0, 0.05) is 0 Å². The van der Waals surface area contributed by atoms with Gasteiger partial charge in [0.15, 0.2) is 6.61 Å². The van der Waals surface area contributed by atoms with Crippen molar-refractivity contribution in [2.24, 2.45) is 0 Å². The molecule has 0 atom stereocenters. The van der Waals surface area contributed by atoms with E-state index < -0.39 is 21.3 Å². The van der Waals surface area contributed by atoms with Crippen LogP contribution in [-0.2, 0) is 13.9 Å². The Morgan fingerprint density at radius 2 is 2.43 bits per heavy atom. The standard InChI is InChI=1S/C2H3O4P/c3-2(4)1-6-7-5/h1H2,(H,3,4). The van der Waals surface area contributed by atoms with Gasteiger partial charge in [-0.2, -0.15) is 0 Å². The van der Waals surface area contributed by atoms with Crippen LogP contribution in [0.5, 0.6) is 0 Å². The third-order valence-electron chi connectivity index (χ3n) is 0.241. The molecular weight excluding hydrogens is 119 g/mol. The molecule has 0 aliphatic heterocycles. The Bertz CT molecular complexity index is 79.8. The van der Waals surface area contributed by atoms with Crippen LogP contribution in [0.3, 0.4) is 0 Å². The summed E-state index contributed by atoms with van der Waals surface area (Å²) in [6.45, 7) is -0.509. The van der Waals surface area contributed by atoms with Crippen molar-refractivity contribution >= 4 is 14.7 Å². The summed E-state index contributed by atoms with van der Waals surface area (Å²) in [5.74, 6) is -1.12. The first-order valence-corrected chi connectivity index (χ1v) is 2.17. The molecule has 0 saturated heterocycles. The van der Waals surface area contributed by atoms with Crippen LogP contribution in [0.25, 0.3) is 0 Å². The van der Waals surface area contributed by atoms with Gasteiger partial charge < -0.3 is 5.11 Å². The number of hydrogen-bond acceptors (Lipinski definition) is 3. The van der Waals surface area contributed by atoms with Gasteiger partial charge in [0.25, 0.3) is 0 Å². The minimum atomic E-state index is -1.12. The summed E-state index contributed by atoms with van der Waals surface area (Å²) in [5.41, 5.74) is 0. The first-order valence-electron chi connectivity index (χ1n) is 1.44. The van der Waals surface area contributed by atoms with Crippen LogP contribution >= 0.6 is 8.69 Å². The van der Waals surface area contributed by atoms with Crippen LogP contribution in [0, 0.1) is 0 Å². The minimum Gasteiger partial charge on any atom is -0.480 e. The van der Waals surface area contributed by atoms with Gasteiger partial charge in [-0.25, -0.2) is 9.36 Å². The maximum atomic E-state index is 9.49. The number of rotatable bonds is 3. The maximum absolute atomic E-state index is 9.49. The Hall–Kier alpha value is -0.470. The van der Waals surface area contributed by atoms with Crippen molar-refractivity contribution in [1.82, 2.24) is 0 Å². The Labute approximate surface area is 41.4 Å². The summed E-state index contributed by atoms with van der Waals surface area (Å²) >= 11 is 0. The van der Waals surface area contributed by atoms with E-state index >= 15 is 0 Å². The zero-order valence-corrected chi connectivity index (χ0v) is 4.22. The smallest absolute Gasteiger partial charge is 0.330 e. The summed E-state index contributed by atoms with van der Waals surface area (Å²) in [4.78, 5) is 9.49. The molecular formula is C2H3O4P. The Balaban J connectivity index is 2.97. The molecule has 5 heteroatoms. The Morgan fingerprint density at radius 1 is 1.86 bits per heavy atom. The first kappa shape index (κ1) is 6.53. The molecule has 0 aliphatic rings. The fraction of sp³-hybridized carbons (Fsp3) is 0.500. The SMILES string of the molecule is O=POCC(=O)O. The van der Waals surface area contributed by atoms with E-state index in [0.29, 0.717) is 0 Å². The number of carboxylic acids is 1. The van der Waals surface area contributed by atoms with Gasteiger partial charge in [0.2, 0.25) is 0 Å². The molecule has 0 heterocycles. The average molecular weight is 122 g/mol. The second-order valence-electron chi connectivity index (χ2n) is 0.742. The lowest BCUT2D eigenvalue weighted by molar-refractivity contribution is -0.139. The summed E-state index contributed by atoms with van der Waals surface area (Å²) in [6, 6.07) is 0. The highest BCUT2D eigenvalue weighted by atomic mass is 31.1. The molecule has 0 aromatic heterocycles. The lowest BCUT2D eigenvalue weighted by Crippen LogP contribution is -2.00. The summed E-state index contributed by atoms with van der Waals surface area (Å²) in [5, 5.41) is 7.78. The van der Waals surface area contributed by atoms with Gasteiger partial charge in [-0.1, -0.05) is 0 Å². The van der Waals surface area contributed by atoms with E-state index in [-0.39, 0.29) is 0 Å². The van der Waals surface area contributed by atoms with E-state index in [2.05, 4.69) is 4.52 Å². The Kier molecular flexibility index (Phi) is 3.46. The molecule has 0 rings (SSSR count). The molecule has 0 bridgehead atoms. The van der Waals surface area contributed by atoms with Crippen molar-refractivity contribution < 1.29 is 19.0 Å². The van der Waals surface area contributed by atoms with Crippen molar-refractivity contribution in [2.75, 3.05) is 6.61 Å². The third-order valence-corrected chi connectivity index (χ3v) is 0.475. The highest BCUT2D eigenvalue weighted by Crippen LogP contribution is 1.90. The predicted molar refractivity (Wildman–Crippen MR) is 21.2 cm³/mol. The molecule has 1 N–H and O–H groups in total. The molecule has 0 unspecified atom stereocenters. The molecule has 0 aromatic rings. The molecule has 0 aliphatic carbocycles. The van der Waals surface area contributed by atoms with E-state index in [0.717, 1.165) is 0 Å². The van der Waals surface area contributed by atoms with Crippen LogP contribution in [0.2, 0.25) is 0 Å². The summed E-state index contributed by atoms with van der Waals surface area (Å²) < 4.78 is 13.2. The van der Waals surface area contributed by atoms with E-state index in [1.165, 1.54) is 0 Å². The fourth-order valence-corrected chi connectivity index (χ4v) is 0.245. The molecule has 40 valence electrons. The summed E-state index contributed by atoms with van der Waals surface area (Å²) in [7, 11) is -0.591. The maximum Gasteiger partial charge on any atom is 0.330 e. The van der Waals surface area contributed by atoms with E-state index in [1.807, 2.05) is 0 Å². The zero-order valence-electron chi connectivity index (χ0n) is 3.33. The lowest BCUT2D eigenvalue weighted by Gasteiger charge is -1.81. The van der Waals surface area contributed by atoms with Gasteiger partial charge in [-0.15, -0.1) is 0 Å². The van der Waals surface area contributed by atoms with Crippen LogP contribution in [-0.4, -0.2) is 17.7 Å². The van der Waals surface area contributed by atoms with Crippen LogP contribution < -0.4 is 0 Å². The minimum absolute atomic E-state index is 0.509. The Morgan fingerprint density at radius 3 is 2.57 bits per heavy atom. The van der Waals surface area contributed by atoms with Crippen molar-refractivity contribution in [3.8, 4) is 0 Å². The quantitative estimate of drug-likeness (QED) is 0.546. The number of carbonyl (C=O) groups is 1. The van der Waals surface area contributed by atoms with Crippen molar-refractivity contribution in [3.63, 3.8) is 0 Å². The number of aliphatic carboxylic acids is 1. The number of hydrogen-bond donors (Lipinski definition) is 1. The average Bonchev–Trinajstić information content (AvgIpc) is 1.61. The molecule has 0 saturated carbocycles. The second-order valence-corrected chi connectivity index (χ2v) is 1.15. The fourth-order valence-electron chi connectivity index (χ4n) is 0.0816. The van der Waals surface area contributed by atoms with Crippen LogP contribution in [0.15, 0.2) is 0 Å². The lowest BCUT2D eigenvalue weighted by atomic mass is 10.8. The molecule has 4 nitrogen and oxygen atoms in total. The largest absolute Gasteiger partial charge is 0.480 e. The molecule has 0 amide bonds. The topological polar surface area (TPSA) is 63.6 Å². The first-order chi connectivity index (χ1) is 3.27. The zero-order chi connectivity index (χ0) is 5.70. The van der Waals surface area contributed by atoms with Crippen LogP contribution in [0.4, 0.5) is 0 Å². The number of carboxylic acid groups (broad SMARTS) is 1. The predicted octanol–water partition coefficient (Wildman–Crippen LogP) is 0.294. The van der Waals surface area contributed by atoms with Gasteiger partial charge in [-0.3, -0.25) is 4.52 Å². The van der Waals surface area contributed by atoms with Crippen molar-refractivity contribution in [3.05, 3.63) is 0 Å². The van der Waals surface area contributed by atoms with Crippen molar-refractivity contribution in [1.29, 1.82) is 0 Å². The molecule has 0 spiro atoms. The second kappa shape index (κ2) is 3.71. The molecule has 0 radical (unpaired) electrons. The molecule has 0 fully saturated rings.